The Hall–Kier alpha value is -2.28. The minimum atomic E-state index is -3.75. The van der Waals surface area contributed by atoms with Gasteiger partial charge in [0.1, 0.15) is 6.54 Å². The lowest BCUT2D eigenvalue weighted by Crippen LogP contribution is -2.48. The number of rotatable bonds is 6. The minimum Gasteiger partial charge on any atom is -0.465 e. The summed E-state index contributed by atoms with van der Waals surface area (Å²) in [7, 11) is -3.75. The Labute approximate surface area is 228 Å². The first-order chi connectivity index (χ1) is 17.5. The summed E-state index contributed by atoms with van der Waals surface area (Å²) in [5.41, 5.74) is 0.654. The van der Waals surface area contributed by atoms with E-state index in [2.05, 4.69) is 4.99 Å². The quantitative estimate of drug-likeness (QED) is 0.403. The maximum Gasteiger partial charge on any atom is 0.326 e. The van der Waals surface area contributed by atoms with Crippen LogP contribution < -0.4 is 4.80 Å². The molecule has 4 rings (SSSR count). The molecule has 13 heteroatoms. The number of ether oxygens (including phenoxy) is 2. The van der Waals surface area contributed by atoms with E-state index in [-0.39, 0.29) is 58.7 Å². The lowest BCUT2D eigenvalue weighted by Gasteiger charge is -2.34. The van der Waals surface area contributed by atoms with Gasteiger partial charge in [-0.3, -0.25) is 9.59 Å². The van der Waals surface area contributed by atoms with Crippen molar-refractivity contribution in [2.24, 2.45) is 4.99 Å². The Balaban J connectivity index is 1.67. The number of amides is 1. The highest BCUT2D eigenvalue weighted by Gasteiger charge is 2.32. The highest BCUT2D eigenvalue weighted by atomic mass is 35.5. The fraction of sp³-hybridized carbons (Fsp3) is 0.375. The second-order valence-electron chi connectivity index (χ2n) is 8.50. The van der Waals surface area contributed by atoms with Gasteiger partial charge >= 0.3 is 5.97 Å². The molecule has 0 radical (unpaired) electrons. The molecule has 198 valence electrons. The second-order valence-corrected chi connectivity index (χ2v) is 12.2. The van der Waals surface area contributed by atoms with Crippen LogP contribution in [-0.2, 0) is 30.8 Å². The zero-order valence-corrected chi connectivity index (χ0v) is 23.5. The topological polar surface area (TPSA) is 107 Å². The first-order valence-electron chi connectivity index (χ1n) is 11.5. The third-order valence-electron chi connectivity index (χ3n) is 5.65. The number of carbonyl (C=O) groups is 2. The van der Waals surface area contributed by atoms with Crippen LogP contribution in [0.25, 0.3) is 10.2 Å². The summed E-state index contributed by atoms with van der Waals surface area (Å²) in [6, 6.07) is 8.95. The summed E-state index contributed by atoms with van der Waals surface area (Å²) < 4.78 is 40.5. The van der Waals surface area contributed by atoms with Crippen LogP contribution in [0.2, 0.25) is 10.0 Å². The lowest BCUT2D eigenvalue weighted by molar-refractivity contribution is -0.143. The number of hydrogen-bond acceptors (Lipinski definition) is 7. The van der Waals surface area contributed by atoms with Gasteiger partial charge in [0.05, 0.1) is 44.0 Å². The number of esters is 1. The van der Waals surface area contributed by atoms with E-state index < -0.39 is 21.9 Å². The summed E-state index contributed by atoms with van der Waals surface area (Å²) in [4.78, 5) is 29.8. The molecule has 9 nitrogen and oxygen atoms in total. The van der Waals surface area contributed by atoms with Crippen LogP contribution in [0.5, 0.6) is 0 Å². The second kappa shape index (κ2) is 11.2. The number of carbonyl (C=O) groups excluding carboxylic acids is 2. The number of sulfonamides is 1. The van der Waals surface area contributed by atoms with Gasteiger partial charge in [0.2, 0.25) is 10.0 Å². The molecule has 1 amide bonds. The van der Waals surface area contributed by atoms with Crippen LogP contribution in [0, 0.1) is 0 Å². The molecule has 3 aromatic rings. The van der Waals surface area contributed by atoms with Gasteiger partial charge in [-0.1, -0.05) is 34.5 Å². The maximum atomic E-state index is 13.1. The van der Waals surface area contributed by atoms with E-state index in [0.29, 0.717) is 15.2 Å². The van der Waals surface area contributed by atoms with E-state index in [1.165, 1.54) is 44.5 Å². The van der Waals surface area contributed by atoms with Crippen molar-refractivity contribution in [1.82, 2.24) is 8.87 Å². The van der Waals surface area contributed by atoms with E-state index in [1.54, 1.807) is 19.1 Å². The summed E-state index contributed by atoms with van der Waals surface area (Å²) >= 11 is 13.8. The number of hydrogen-bond donors (Lipinski definition) is 0. The maximum absolute atomic E-state index is 13.1. The highest BCUT2D eigenvalue weighted by molar-refractivity contribution is 7.89. The standard InChI is InChI=1S/C24H25Cl2N3O6S2/c1-4-34-20(30)13-29-22-19(10-9-18(25)21(22)26)36-24(29)27-23(31)16-5-7-17(8-6-16)37(32,33)28-11-14(2)35-15(3)12-28/h5-10,14-15H,4,11-13H2,1-3H3. The van der Waals surface area contributed by atoms with Gasteiger partial charge in [0, 0.05) is 18.7 Å². The Morgan fingerprint density at radius 1 is 1.11 bits per heavy atom. The number of nitrogens with zero attached hydrogens (tertiary/aromatic N) is 3. The minimum absolute atomic E-state index is 0.0750. The summed E-state index contributed by atoms with van der Waals surface area (Å²) in [5, 5.41) is 0.526. The molecule has 37 heavy (non-hydrogen) atoms. The largest absolute Gasteiger partial charge is 0.465 e. The van der Waals surface area contributed by atoms with Gasteiger partial charge in [-0.15, -0.1) is 0 Å². The van der Waals surface area contributed by atoms with E-state index in [9.17, 15) is 18.0 Å². The van der Waals surface area contributed by atoms with Crippen LogP contribution in [0.15, 0.2) is 46.3 Å². The number of fused-ring (bicyclic) bond motifs is 1. The number of morpholine rings is 1. The van der Waals surface area contributed by atoms with Crippen LogP contribution in [0.4, 0.5) is 0 Å². The van der Waals surface area contributed by atoms with Gasteiger partial charge in [-0.2, -0.15) is 9.30 Å². The van der Waals surface area contributed by atoms with Crippen molar-refractivity contribution < 1.29 is 27.5 Å². The van der Waals surface area contributed by atoms with E-state index in [4.69, 9.17) is 32.7 Å². The van der Waals surface area contributed by atoms with E-state index in [0.717, 1.165) is 0 Å². The van der Waals surface area contributed by atoms with Gasteiger partial charge in [0.15, 0.2) is 4.80 Å². The summed E-state index contributed by atoms with van der Waals surface area (Å²) in [6.45, 7) is 5.82. The summed E-state index contributed by atoms with van der Waals surface area (Å²) in [5.74, 6) is -1.13. The Morgan fingerprint density at radius 3 is 2.38 bits per heavy atom. The van der Waals surface area contributed by atoms with Crippen LogP contribution >= 0.6 is 34.5 Å². The van der Waals surface area contributed by atoms with Crippen molar-refractivity contribution in [3.05, 3.63) is 56.8 Å². The third-order valence-corrected chi connectivity index (χ3v) is 9.33. The summed E-state index contributed by atoms with van der Waals surface area (Å²) in [6.07, 6.45) is -0.437. The lowest BCUT2D eigenvalue weighted by atomic mass is 10.2. The molecule has 0 aliphatic carbocycles. The molecular weight excluding hydrogens is 561 g/mol. The molecule has 0 bridgehead atoms. The van der Waals surface area contributed by atoms with Crippen molar-refractivity contribution in [2.45, 2.75) is 44.4 Å². The molecule has 2 atom stereocenters. The van der Waals surface area contributed by atoms with Crippen molar-refractivity contribution in [3.63, 3.8) is 0 Å². The van der Waals surface area contributed by atoms with Gasteiger partial charge in [-0.05, 0) is 57.2 Å². The molecule has 2 heterocycles. The predicted octanol–water partition coefficient (Wildman–Crippen LogP) is 4.11. The fourth-order valence-electron chi connectivity index (χ4n) is 4.07. The number of thiazole rings is 1. The van der Waals surface area contributed by atoms with Crippen molar-refractivity contribution in [3.8, 4) is 0 Å². The molecule has 1 aliphatic rings. The van der Waals surface area contributed by atoms with E-state index in [1.807, 2.05) is 13.8 Å². The zero-order chi connectivity index (χ0) is 26.9. The van der Waals surface area contributed by atoms with Gasteiger partial charge in [-0.25, -0.2) is 8.42 Å². The first kappa shape index (κ1) is 27.7. The highest BCUT2D eigenvalue weighted by Crippen LogP contribution is 2.32. The molecule has 1 aliphatic heterocycles. The number of aromatic nitrogens is 1. The molecule has 1 fully saturated rings. The van der Waals surface area contributed by atoms with E-state index >= 15 is 0 Å². The molecule has 0 N–H and O–H groups in total. The molecular formula is C24H25Cl2N3O6S2. The van der Waals surface area contributed by atoms with Crippen molar-refractivity contribution in [1.29, 1.82) is 0 Å². The normalized spacial score (nSPS) is 19.3. The fourth-order valence-corrected chi connectivity index (χ4v) is 7.17. The molecule has 1 aromatic heterocycles. The smallest absolute Gasteiger partial charge is 0.326 e. The van der Waals surface area contributed by atoms with Crippen LogP contribution in [-0.4, -0.2) is 61.1 Å². The Morgan fingerprint density at radius 2 is 1.76 bits per heavy atom. The molecule has 1 saturated heterocycles. The Kier molecular flexibility index (Phi) is 8.41. The van der Waals surface area contributed by atoms with Crippen molar-refractivity contribution >= 4 is 66.7 Å². The molecule has 2 aromatic carbocycles. The zero-order valence-electron chi connectivity index (χ0n) is 20.3. The third kappa shape index (κ3) is 5.92. The van der Waals surface area contributed by atoms with Crippen LogP contribution in [0.3, 0.4) is 0 Å². The molecule has 0 saturated carbocycles. The Bertz CT molecular complexity index is 1510. The average Bonchev–Trinajstić information content (AvgIpc) is 3.18. The van der Waals surface area contributed by atoms with Crippen LogP contribution in [0.1, 0.15) is 31.1 Å². The molecule has 0 spiro atoms. The average molecular weight is 587 g/mol. The first-order valence-corrected chi connectivity index (χ1v) is 14.5. The number of halogens is 2. The SMILES string of the molecule is CCOC(=O)Cn1c(=NC(=O)c2ccc(S(=O)(=O)N3CC(C)OC(C)C3)cc2)sc2ccc(Cl)c(Cl)c21. The van der Waals surface area contributed by atoms with Gasteiger partial charge < -0.3 is 14.0 Å². The van der Waals surface area contributed by atoms with Gasteiger partial charge in [0.25, 0.3) is 5.91 Å². The van der Waals surface area contributed by atoms with Crippen molar-refractivity contribution in [2.75, 3.05) is 19.7 Å². The molecule has 2 unspecified atom stereocenters. The number of benzene rings is 2. The predicted molar refractivity (Wildman–Crippen MR) is 142 cm³/mol. The monoisotopic (exact) mass is 585 g/mol.